The highest BCUT2D eigenvalue weighted by Crippen LogP contribution is 2.16. The number of hydrogen-bond acceptors (Lipinski definition) is 6. The lowest BCUT2D eigenvalue weighted by Crippen LogP contribution is -2.30. The Kier molecular flexibility index (Phi) is 49.4. The maximum Gasteiger partial charge on any atom is 0.306 e. The van der Waals surface area contributed by atoms with E-state index < -0.39 is 6.10 Å². The van der Waals surface area contributed by atoms with E-state index in [4.69, 9.17) is 14.2 Å². The van der Waals surface area contributed by atoms with Gasteiger partial charge in [-0.2, -0.15) is 0 Å². The molecular weight excluding hydrogens is 781 g/mol. The van der Waals surface area contributed by atoms with Gasteiger partial charge in [0, 0.05) is 19.3 Å². The van der Waals surface area contributed by atoms with E-state index in [1.165, 1.54) is 128 Å². The van der Waals surface area contributed by atoms with Gasteiger partial charge in [0.1, 0.15) is 13.2 Å². The molecule has 0 saturated carbocycles. The van der Waals surface area contributed by atoms with Crippen LogP contribution in [-0.2, 0) is 28.6 Å². The lowest BCUT2D eigenvalue weighted by molar-refractivity contribution is -0.167. The summed E-state index contributed by atoms with van der Waals surface area (Å²) >= 11 is 0. The summed E-state index contributed by atoms with van der Waals surface area (Å²) in [4.78, 5) is 38.0. The van der Waals surface area contributed by atoms with Crippen molar-refractivity contribution in [2.45, 2.75) is 271 Å². The average molecular weight is 881 g/mol. The Morgan fingerprint density at radius 2 is 0.619 bits per heavy atom. The van der Waals surface area contributed by atoms with Crippen LogP contribution in [-0.4, -0.2) is 37.2 Å². The maximum atomic E-state index is 12.8. The van der Waals surface area contributed by atoms with Crippen LogP contribution in [0.2, 0.25) is 0 Å². The van der Waals surface area contributed by atoms with Crippen molar-refractivity contribution >= 4 is 17.9 Å². The predicted molar refractivity (Wildman–Crippen MR) is 270 cm³/mol. The summed E-state index contributed by atoms with van der Waals surface area (Å²) in [6.07, 6.45) is 63.5. The summed E-state index contributed by atoms with van der Waals surface area (Å²) in [7, 11) is 0. The Bertz CT molecular complexity index is 1150. The largest absolute Gasteiger partial charge is 0.462 e. The van der Waals surface area contributed by atoms with Crippen LogP contribution in [0.15, 0.2) is 60.8 Å². The van der Waals surface area contributed by atoms with Crippen LogP contribution in [0.25, 0.3) is 0 Å². The topological polar surface area (TPSA) is 78.9 Å². The first-order valence-electron chi connectivity index (χ1n) is 26.8. The van der Waals surface area contributed by atoms with Gasteiger partial charge in [0.05, 0.1) is 0 Å². The van der Waals surface area contributed by atoms with Gasteiger partial charge < -0.3 is 14.2 Å². The van der Waals surface area contributed by atoms with E-state index in [2.05, 4.69) is 81.5 Å². The molecule has 0 rings (SSSR count). The Morgan fingerprint density at radius 1 is 0.333 bits per heavy atom. The zero-order chi connectivity index (χ0) is 45.8. The zero-order valence-corrected chi connectivity index (χ0v) is 41.6. The van der Waals surface area contributed by atoms with Crippen molar-refractivity contribution in [2.75, 3.05) is 13.2 Å². The minimum Gasteiger partial charge on any atom is -0.462 e. The van der Waals surface area contributed by atoms with Gasteiger partial charge in [-0.1, -0.05) is 242 Å². The molecule has 364 valence electrons. The summed E-state index contributed by atoms with van der Waals surface area (Å²) in [5.41, 5.74) is 0. The molecule has 0 aromatic heterocycles. The molecule has 0 unspecified atom stereocenters. The molecule has 0 aliphatic heterocycles. The molecule has 0 saturated heterocycles. The van der Waals surface area contributed by atoms with Crippen molar-refractivity contribution in [1.29, 1.82) is 0 Å². The molecule has 1 atom stereocenters. The Balaban J connectivity index is 4.39. The van der Waals surface area contributed by atoms with Crippen molar-refractivity contribution in [3.8, 4) is 0 Å². The normalized spacial score (nSPS) is 12.5. The molecule has 0 fully saturated rings. The van der Waals surface area contributed by atoms with E-state index >= 15 is 0 Å². The number of carbonyl (C=O) groups excluding carboxylic acids is 3. The first kappa shape index (κ1) is 60.1. The summed E-state index contributed by atoms with van der Waals surface area (Å²) < 4.78 is 16.8. The standard InChI is InChI=1S/C57H100O6/c1-4-7-10-13-16-19-22-24-26-27-28-29-31-32-35-38-41-44-47-50-56(59)62-53-54(52-61-55(58)49-46-43-40-37-34-21-18-15-12-9-6-3)63-57(60)51-48-45-42-39-36-33-30-25-23-20-17-14-11-8-5-2/h7,10,16,19,24,26,28-29,32,35,54H,4-6,8-9,11-15,17-18,20-23,25,27,30-31,33-34,36-53H2,1-3H3/b10-7-,19-16-,26-24-,29-28-,35-32-/t54-/m0/s1. The smallest absolute Gasteiger partial charge is 0.306 e. The minimum atomic E-state index is -0.783. The van der Waals surface area contributed by atoms with Crippen LogP contribution >= 0.6 is 0 Å². The average Bonchev–Trinajstić information content (AvgIpc) is 3.28. The maximum absolute atomic E-state index is 12.8. The number of esters is 3. The highest BCUT2D eigenvalue weighted by molar-refractivity contribution is 5.71. The molecule has 0 heterocycles. The monoisotopic (exact) mass is 881 g/mol. The van der Waals surface area contributed by atoms with Crippen LogP contribution < -0.4 is 0 Å². The van der Waals surface area contributed by atoms with E-state index in [0.29, 0.717) is 19.3 Å². The molecule has 0 aromatic carbocycles. The van der Waals surface area contributed by atoms with Crippen LogP contribution in [0, 0.1) is 0 Å². The predicted octanol–water partition coefficient (Wildman–Crippen LogP) is 17.6. The molecule has 0 aliphatic rings. The lowest BCUT2D eigenvalue weighted by Gasteiger charge is -2.18. The first-order chi connectivity index (χ1) is 31.0. The molecule has 63 heavy (non-hydrogen) atoms. The molecule has 0 amide bonds. The Morgan fingerprint density at radius 3 is 0.968 bits per heavy atom. The summed E-state index contributed by atoms with van der Waals surface area (Å²) in [6, 6.07) is 0. The first-order valence-corrected chi connectivity index (χ1v) is 26.8. The highest BCUT2D eigenvalue weighted by atomic mass is 16.6. The van der Waals surface area contributed by atoms with Gasteiger partial charge >= 0.3 is 17.9 Å². The number of allylic oxidation sites excluding steroid dienone is 10. The highest BCUT2D eigenvalue weighted by Gasteiger charge is 2.19. The number of ether oxygens (including phenoxy) is 3. The van der Waals surface area contributed by atoms with E-state index in [1.54, 1.807) is 0 Å². The summed E-state index contributed by atoms with van der Waals surface area (Å²) in [5.74, 6) is -0.906. The lowest BCUT2D eigenvalue weighted by atomic mass is 10.0. The fraction of sp³-hybridized carbons (Fsp3) is 0.772. The number of rotatable bonds is 48. The van der Waals surface area contributed by atoms with Crippen LogP contribution in [0.4, 0.5) is 0 Å². The second kappa shape index (κ2) is 51.7. The SMILES string of the molecule is CC/C=C\C/C=C\C/C=C\C/C=C\C/C=C\CCCCCC(=O)OC[C@H](COC(=O)CCCCCCCCCCCCC)OC(=O)CCCCCCCCCCCCCCCCC. The van der Waals surface area contributed by atoms with Gasteiger partial charge in [-0.05, 0) is 64.2 Å². The summed E-state index contributed by atoms with van der Waals surface area (Å²) in [6.45, 7) is 6.51. The van der Waals surface area contributed by atoms with Gasteiger partial charge in [-0.3, -0.25) is 14.4 Å². The van der Waals surface area contributed by atoms with Gasteiger partial charge in [0.25, 0.3) is 0 Å². The van der Waals surface area contributed by atoms with Gasteiger partial charge in [-0.25, -0.2) is 0 Å². The zero-order valence-electron chi connectivity index (χ0n) is 41.6. The van der Waals surface area contributed by atoms with Gasteiger partial charge in [0.2, 0.25) is 0 Å². The second-order valence-electron chi connectivity index (χ2n) is 17.8. The van der Waals surface area contributed by atoms with Crippen molar-refractivity contribution in [1.82, 2.24) is 0 Å². The molecule has 0 bridgehead atoms. The van der Waals surface area contributed by atoms with Crippen LogP contribution in [0.5, 0.6) is 0 Å². The molecule has 6 heteroatoms. The van der Waals surface area contributed by atoms with E-state index in [-0.39, 0.29) is 31.1 Å². The number of unbranched alkanes of at least 4 members (excludes halogenated alkanes) is 27. The molecule has 0 aromatic rings. The van der Waals surface area contributed by atoms with Crippen molar-refractivity contribution < 1.29 is 28.6 Å². The third-order valence-corrected chi connectivity index (χ3v) is 11.5. The fourth-order valence-corrected chi connectivity index (χ4v) is 7.53. The molecular formula is C57H100O6. The Labute approximate surface area is 390 Å². The number of carbonyl (C=O) groups is 3. The third-order valence-electron chi connectivity index (χ3n) is 11.5. The van der Waals surface area contributed by atoms with Crippen LogP contribution in [0.1, 0.15) is 265 Å². The molecule has 0 radical (unpaired) electrons. The Hall–Kier alpha value is -2.89. The van der Waals surface area contributed by atoms with Crippen molar-refractivity contribution in [2.24, 2.45) is 0 Å². The van der Waals surface area contributed by atoms with Crippen molar-refractivity contribution in [3.05, 3.63) is 60.8 Å². The van der Waals surface area contributed by atoms with E-state index in [1.807, 2.05) is 0 Å². The quantitative estimate of drug-likeness (QED) is 0.0262. The van der Waals surface area contributed by atoms with Gasteiger partial charge in [0.15, 0.2) is 6.10 Å². The molecule has 0 aliphatic carbocycles. The minimum absolute atomic E-state index is 0.0814. The van der Waals surface area contributed by atoms with Crippen LogP contribution in [0.3, 0.4) is 0 Å². The molecule has 6 nitrogen and oxygen atoms in total. The third kappa shape index (κ3) is 50.0. The van der Waals surface area contributed by atoms with E-state index in [9.17, 15) is 14.4 Å². The molecule has 0 spiro atoms. The molecule has 0 N–H and O–H groups in total. The second-order valence-corrected chi connectivity index (χ2v) is 17.8. The van der Waals surface area contributed by atoms with Gasteiger partial charge in [-0.15, -0.1) is 0 Å². The number of hydrogen-bond donors (Lipinski definition) is 0. The van der Waals surface area contributed by atoms with Crippen molar-refractivity contribution in [3.63, 3.8) is 0 Å². The summed E-state index contributed by atoms with van der Waals surface area (Å²) in [5, 5.41) is 0. The fourth-order valence-electron chi connectivity index (χ4n) is 7.53. The van der Waals surface area contributed by atoms with E-state index in [0.717, 1.165) is 96.3 Å².